The molecule has 4 unspecified atom stereocenters. The highest BCUT2D eigenvalue weighted by Gasteiger charge is 2.31. The van der Waals surface area contributed by atoms with Gasteiger partial charge in [0.2, 0.25) is 17.7 Å². The molecule has 47 heavy (non-hydrogen) atoms. The number of H-pyrrole nitrogens is 2. The number of amides is 3. The highest BCUT2D eigenvalue weighted by Crippen LogP contribution is 2.19. The largest absolute Gasteiger partial charge is 0.480 e. The van der Waals surface area contributed by atoms with Crippen LogP contribution in [0.15, 0.2) is 78.3 Å². The standard InChI is InChI=1S/C32H40N10O5/c33-23(10-6-12-37-32(34)35)28(43)40-26(15-21-17-36-18-39-21)30(45)41-25(13-19-7-2-1-3-8-19)29(44)42-27(31(46)47)14-20-16-38-24-11-5-4-9-22(20)24/h1-5,7-9,11,16-18,23,25-27,38H,6,10,12-15,33H2,(H,36,39)(H,40,43)(H,41,45)(H,42,44)(H,46,47)(H4,34,35,37). The number of aliphatic carboxylic acids is 1. The summed E-state index contributed by atoms with van der Waals surface area (Å²) in [4.78, 5) is 66.6. The molecule has 4 rings (SSSR count). The normalized spacial score (nSPS) is 13.6. The molecule has 12 N–H and O–H groups in total. The molecule has 0 saturated carbocycles. The Morgan fingerprint density at radius 1 is 0.830 bits per heavy atom. The average molecular weight is 645 g/mol. The lowest BCUT2D eigenvalue weighted by Gasteiger charge is -2.25. The quantitative estimate of drug-likeness (QED) is 0.0419. The Bertz CT molecular complexity index is 1670. The topological polar surface area (TPSA) is 259 Å². The van der Waals surface area contributed by atoms with Crippen LogP contribution in [0.2, 0.25) is 0 Å². The van der Waals surface area contributed by atoms with Gasteiger partial charge in [0.1, 0.15) is 18.1 Å². The first-order valence-electron chi connectivity index (χ1n) is 15.1. The number of fused-ring (bicyclic) bond motifs is 1. The summed E-state index contributed by atoms with van der Waals surface area (Å²) >= 11 is 0. The minimum absolute atomic E-state index is 0.0106. The van der Waals surface area contributed by atoms with Gasteiger partial charge in [-0.1, -0.05) is 48.5 Å². The van der Waals surface area contributed by atoms with Gasteiger partial charge >= 0.3 is 5.97 Å². The van der Waals surface area contributed by atoms with Gasteiger partial charge < -0.3 is 48.2 Å². The zero-order chi connectivity index (χ0) is 33.8. The zero-order valence-corrected chi connectivity index (χ0v) is 25.7. The summed E-state index contributed by atoms with van der Waals surface area (Å²) in [6.07, 6.45) is 5.45. The van der Waals surface area contributed by atoms with Gasteiger partial charge in [0, 0.05) is 54.8 Å². The van der Waals surface area contributed by atoms with E-state index in [2.05, 4.69) is 35.9 Å². The summed E-state index contributed by atoms with van der Waals surface area (Å²) in [6.45, 7) is 0.287. The molecule has 4 aromatic rings. The Balaban J connectivity index is 1.51. The Kier molecular flexibility index (Phi) is 12.0. The van der Waals surface area contributed by atoms with Crippen molar-refractivity contribution in [2.24, 2.45) is 22.2 Å². The maximum absolute atomic E-state index is 13.7. The highest BCUT2D eigenvalue weighted by atomic mass is 16.4. The van der Waals surface area contributed by atoms with Crippen LogP contribution in [0.25, 0.3) is 10.9 Å². The first-order valence-corrected chi connectivity index (χ1v) is 15.1. The van der Waals surface area contributed by atoms with E-state index in [9.17, 15) is 24.3 Å². The van der Waals surface area contributed by atoms with Crippen LogP contribution in [-0.2, 0) is 38.4 Å². The second-order valence-electron chi connectivity index (χ2n) is 11.1. The van der Waals surface area contributed by atoms with Crippen LogP contribution in [0.1, 0.15) is 29.7 Å². The number of nitrogens with two attached hydrogens (primary N) is 3. The predicted molar refractivity (Wildman–Crippen MR) is 176 cm³/mol. The number of hydrogen-bond acceptors (Lipinski definition) is 7. The molecule has 15 heteroatoms. The summed E-state index contributed by atoms with van der Waals surface area (Å²) < 4.78 is 0. The van der Waals surface area contributed by atoms with Crippen molar-refractivity contribution in [3.05, 3.63) is 90.1 Å². The van der Waals surface area contributed by atoms with Crippen molar-refractivity contribution in [2.45, 2.75) is 56.3 Å². The van der Waals surface area contributed by atoms with Crippen LogP contribution in [0.5, 0.6) is 0 Å². The maximum atomic E-state index is 13.7. The van der Waals surface area contributed by atoms with Crippen molar-refractivity contribution < 1.29 is 24.3 Å². The van der Waals surface area contributed by atoms with E-state index < -0.39 is 47.9 Å². The SMILES string of the molecule is NC(N)=NCCCC(N)C(=O)NC(Cc1cnc[nH]1)C(=O)NC(Cc1ccccc1)C(=O)NC(Cc1c[nH]c2ccccc12)C(=O)O. The number of carbonyl (C=O) groups excluding carboxylic acids is 3. The number of imidazole rings is 1. The molecule has 0 spiro atoms. The van der Waals surface area contributed by atoms with Crippen molar-refractivity contribution in [3.63, 3.8) is 0 Å². The third-order valence-corrected chi connectivity index (χ3v) is 7.55. The van der Waals surface area contributed by atoms with Crippen molar-refractivity contribution in [1.82, 2.24) is 30.9 Å². The molecule has 0 aliphatic heterocycles. The van der Waals surface area contributed by atoms with Crippen LogP contribution in [0.4, 0.5) is 0 Å². The van der Waals surface area contributed by atoms with Crippen molar-refractivity contribution in [1.29, 1.82) is 0 Å². The average Bonchev–Trinajstić information content (AvgIpc) is 3.72. The molecule has 0 radical (unpaired) electrons. The van der Waals surface area contributed by atoms with E-state index in [0.29, 0.717) is 17.7 Å². The number of carboxylic acid groups (broad SMARTS) is 1. The Morgan fingerprint density at radius 2 is 1.49 bits per heavy atom. The van der Waals surface area contributed by atoms with Gasteiger partial charge in [-0.15, -0.1) is 0 Å². The van der Waals surface area contributed by atoms with E-state index in [0.717, 1.165) is 16.5 Å². The number of aromatic nitrogens is 3. The molecule has 248 valence electrons. The van der Waals surface area contributed by atoms with Gasteiger partial charge in [-0.3, -0.25) is 19.4 Å². The summed E-state index contributed by atoms with van der Waals surface area (Å²) in [6, 6.07) is 11.9. The number of aliphatic imine (C=N–C) groups is 1. The van der Waals surface area contributed by atoms with Gasteiger partial charge in [0.05, 0.1) is 12.4 Å². The second-order valence-corrected chi connectivity index (χ2v) is 11.1. The van der Waals surface area contributed by atoms with E-state index in [1.165, 1.54) is 12.5 Å². The number of hydrogen-bond donors (Lipinski definition) is 9. The van der Waals surface area contributed by atoms with Crippen LogP contribution < -0.4 is 33.2 Å². The molecular formula is C32H40N10O5. The summed E-state index contributed by atoms with van der Waals surface area (Å²) in [5, 5.41) is 18.9. The third-order valence-electron chi connectivity index (χ3n) is 7.55. The Labute approximate surface area is 270 Å². The predicted octanol–water partition coefficient (Wildman–Crippen LogP) is -0.161. The van der Waals surface area contributed by atoms with E-state index >= 15 is 0 Å². The number of guanidine groups is 1. The second kappa shape index (κ2) is 16.6. The fraction of sp³-hybridized carbons (Fsp3) is 0.312. The molecule has 2 aromatic heterocycles. The smallest absolute Gasteiger partial charge is 0.326 e. The number of aromatic amines is 2. The number of rotatable bonds is 17. The van der Waals surface area contributed by atoms with Crippen LogP contribution in [0, 0.1) is 0 Å². The van der Waals surface area contributed by atoms with Crippen molar-refractivity contribution >= 4 is 40.6 Å². The monoisotopic (exact) mass is 644 g/mol. The molecule has 0 fully saturated rings. The van der Waals surface area contributed by atoms with Crippen molar-refractivity contribution in [2.75, 3.05) is 6.54 Å². The number of nitrogens with one attached hydrogen (secondary N) is 5. The van der Waals surface area contributed by atoms with E-state index in [1.54, 1.807) is 30.5 Å². The summed E-state index contributed by atoms with van der Waals surface area (Å²) in [7, 11) is 0. The van der Waals surface area contributed by atoms with Crippen LogP contribution in [0.3, 0.4) is 0 Å². The first-order chi connectivity index (χ1) is 22.6. The molecule has 2 aromatic carbocycles. The van der Waals surface area contributed by atoms with Crippen LogP contribution in [-0.4, -0.2) is 80.4 Å². The van der Waals surface area contributed by atoms with Gasteiger partial charge in [0.25, 0.3) is 0 Å². The lowest BCUT2D eigenvalue weighted by atomic mass is 10.0. The molecule has 4 atom stereocenters. The molecule has 3 amide bonds. The number of benzene rings is 2. The van der Waals surface area contributed by atoms with E-state index in [1.807, 2.05) is 30.3 Å². The lowest BCUT2D eigenvalue weighted by molar-refractivity contribution is -0.142. The first kappa shape index (κ1) is 34.2. The number of carboxylic acids is 1. The highest BCUT2D eigenvalue weighted by molar-refractivity contribution is 5.94. The van der Waals surface area contributed by atoms with Crippen LogP contribution >= 0.6 is 0 Å². The Hall–Kier alpha value is -5.70. The number of nitrogens with zero attached hydrogens (tertiary/aromatic N) is 2. The number of carbonyl (C=O) groups is 4. The summed E-state index contributed by atoms with van der Waals surface area (Å²) in [5.74, 6) is -3.24. The minimum atomic E-state index is -1.28. The van der Waals surface area contributed by atoms with Gasteiger partial charge in [-0.25, -0.2) is 9.78 Å². The maximum Gasteiger partial charge on any atom is 0.326 e. The Morgan fingerprint density at radius 3 is 2.17 bits per heavy atom. The fourth-order valence-electron chi connectivity index (χ4n) is 5.08. The minimum Gasteiger partial charge on any atom is -0.480 e. The fourth-order valence-corrected chi connectivity index (χ4v) is 5.08. The van der Waals surface area contributed by atoms with E-state index in [4.69, 9.17) is 17.2 Å². The number of para-hydroxylation sites is 1. The molecule has 0 aliphatic rings. The molecule has 2 heterocycles. The molecule has 0 saturated heterocycles. The third kappa shape index (κ3) is 10.2. The molecule has 15 nitrogen and oxygen atoms in total. The molecule has 0 bridgehead atoms. The van der Waals surface area contributed by atoms with Gasteiger partial charge in [-0.05, 0) is 30.0 Å². The molecule has 0 aliphatic carbocycles. The van der Waals surface area contributed by atoms with Crippen molar-refractivity contribution in [3.8, 4) is 0 Å². The zero-order valence-electron chi connectivity index (χ0n) is 25.7. The molecular weight excluding hydrogens is 604 g/mol. The lowest BCUT2D eigenvalue weighted by Crippen LogP contribution is -2.58. The van der Waals surface area contributed by atoms with E-state index in [-0.39, 0.29) is 38.2 Å². The van der Waals surface area contributed by atoms with Gasteiger partial charge in [0.15, 0.2) is 5.96 Å². The summed E-state index contributed by atoms with van der Waals surface area (Å²) in [5.41, 5.74) is 19.6. The van der Waals surface area contributed by atoms with Gasteiger partial charge in [-0.2, -0.15) is 0 Å².